The number of oxazole rings is 1. The molecular formula is C12H17N3O. The molecule has 0 aliphatic carbocycles. The molecule has 0 aliphatic heterocycles. The molecule has 0 bridgehead atoms. The number of rotatable bonds is 3. The van der Waals surface area contributed by atoms with Gasteiger partial charge in [-0.15, -0.1) is 0 Å². The normalized spacial score (nSPS) is 11.6. The monoisotopic (exact) mass is 219 g/mol. The Hall–Kier alpha value is -1.58. The summed E-state index contributed by atoms with van der Waals surface area (Å²) in [5, 5.41) is 0. The number of hydrogen-bond acceptors (Lipinski definition) is 4. The largest absolute Gasteiger partial charge is 0.422 e. The number of hydrogen-bond donors (Lipinski definition) is 0. The van der Waals surface area contributed by atoms with E-state index in [9.17, 15) is 0 Å². The Balaban J connectivity index is 2.45. The Morgan fingerprint density at radius 3 is 2.44 bits per heavy atom. The fourth-order valence-corrected chi connectivity index (χ4v) is 1.91. The van der Waals surface area contributed by atoms with Crippen molar-refractivity contribution in [3.05, 3.63) is 18.3 Å². The maximum atomic E-state index is 5.71. The SMILES string of the molecule is CC(C)N(c1nc2ncccc2o1)C(C)C. The Morgan fingerprint density at radius 1 is 1.19 bits per heavy atom. The van der Waals surface area contributed by atoms with Crippen LogP contribution in [-0.2, 0) is 0 Å². The van der Waals surface area contributed by atoms with Gasteiger partial charge >= 0.3 is 0 Å². The average molecular weight is 219 g/mol. The molecule has 0 saturated carbocycles. The fraction of sp³-hybridized carbons (Fsp3) is 0.500. The average Bonchev–Trinajstić information content (AvgIpc) is 2.58. The van der Waals surface area contributed by atoms with Gasteiger partial charge in [0, 0.05) is 18.3 Å². The molecule has 0 N–H and O–H groups in total. The zero-order valence-electron chi connectivity index (χ0n) is 10.1. The highest BCUT2D eigenvalue weighted by Gasteiger charge is 2.20. The van der Waals surface area contributed by atoms with Crippen molar-refractivity contribution in [2.75, 3.05) is 4.90 Å². The molecule has 2 aromatic heterocycles. The molecule has 0 spiro atoms. The fourth-order valence-electron chi connectivity index (χ4n) is 1.91. The van der Waals surface area contributed by atoms with Gasteiger partial charge in [-0.1, -0.05) is 0 Å². The van der Waals surface area contributed by atoms with Crippen LogP contribution in [0.4, 0.5) is 6.01 Å². The second-order valence-corrected chi connectivity index (χ2v) is 4.42. The van der Waals surface area contributed by atoms with Crippen molar-refractivity contribution in [2.45, 2.75) is 39.8 Å². The van der Waals surface area contributed by atoms with E-state index in [1.165, 1.54) is 0 Å². The Labute approximate surface area is 95.3 Å². The molecule has 2 heterocycles. The highest BCUT2D eigenvalue weighted by molar-refractivity contribution is 5.69. The van der Waals surface area contributed by atoms with Gasteiger partial charge in [0.15, 0.2) is 5.58 Å². The zero-order valence-corrected chi connectivity index (χ0v) is 10.1. The number of nitrogens with zero attached hydrogens (tertiary/aromatic N) is 3. The van der Waals surface area contributed by atoms with Crippen LogP contribution in [0.25, 0.3) is 11.2 Å². The van der Waals surface area contributed by atoms with Gasteiger partial charge in [-0.2, -0.15) is 4.98 Å². The van der Waals surface area contributed by atoms with E-state index in [4.69, 9.17) is 4.42 Å². The van der Waals surface area contributed by atoms with Gasteiger partial charge in [0.2, 0.25) is 5.65 Å². The molecule has 16 heavy (non-hydrogen) atoms. The van der Waals surface area contributed by atoms with Gasteiger partial charge in [-0.05, 0) is 39.8 Å². The third-order valence-electron chi connectivity index (χ3n) is 2.49. The summed E-state index contributed by atoms with van der Waals surface area (Å²) >= 11 is 0. The molecule has 0 atom stereocenters. The molecule has 0 radical (unpaired) electrons. The lowest BCUT2D eigenvalue weighted by Gasteiger charge is -2.28. The summed E-state index contributed by atoms with van der Waals surface area (Å²) in [5.41, 5.74) is 1.41. The highest BCUT2D eigenvalue weighted by Crippen LogP contribution is 2.23. The van der Waals surface area contributed by atoms with E-state index in [1.807, 2.05) is 12.1 Å². The predicted molar refractivity (Wildman–Crippen MR) is 64.6 cm³/mol. The Kier molecular flexibility index (Phi) is 2.81. The molecule has 0 amide bonds. The third-order valence-corrected chi connectivity index (χ3v) is 2.49. The number of anilines is 1. The van der Waals surface area contributed by atoms with E-state index in [1.54, 1.807) is 6.20 Å². The molecule has 4 nitrogen and oxygen atoms in total. The molecular weight excluding hydrogens is 202 g/mol. The quantitative estimate of drug-likeness (QED) is 0.796. The lowest BCUT2D eigenvalue weighted by atomic mass is 10.2. The standard InChI is InChI=1S/C12H17N3O/c1-8(2)15(9(3)4)12-14-11-10(16-12)6-5-7-13-11/h5-9H,1-4H3. The first-order valence-electron chi connectivity index (χ1n) is 5.59. The molecule has 4 heteroatoms. The molecule has 0 fully saturated rings. The zero-order chi connectivity index (χ0) is 11.7. The van der Waals surface area contributed by atoms with Crippen molar-refractivity contribution in [2.24, 2.45) is 0 Å². The van der Waals surface area contributed by atoms with Crippen molar-refractivity contribution in [3.8, 4) is 0 Å². The maximum absolute atomic E-state index is 5.71. The number of pyridine rings is 1. The summed E-state index contributed by atoms with van der Waals surface area (Å²) in [7, 11) is 0. The summed E-state index contributed by atoms with van der Waals surface area (Å²) in [6.45, 7) is 8.51. The van der Waals surface area contributed by atoms with Crippen molar-refractivity contribution in [3.63, 3.8) is 0 Å². The lowest BCUT2D eigenvalue weighted by molar-refractivity contribution is 0.505. The van der Waals surface area contributed by atoms with Crippen LogP contribution in [0.15, 0.2) is 22.7 Å². The number of fused-ring (bicyclic) bond motifs is 1. The molecule has 0 saturated heterocycles. The minimum Gasteiger partial charge on any atom is -0.422 e. The smallest absolute Gasteiger partial charge is 0.300 e. The molecule has 86 valence electrons. The van der Waals surface area contributed by atoms with Crippen LogP contribution >= 0.6 is 0 Å². The van der Waals surface area contributed by atoms with Crippen LogP contribution in [0.1, 0.15) is 27.7 Å². The van der Waals surface area contributed by atoms with Crippen LogP contribution in [0.5, 0.6) is 0 Å². The van der Waals surface area contributed by atoms with Gasteiger partial charge < -0.3 is 9.32 Å². The first-order valence-corrected chi connectivity index (χ1v) is 5.59. The van der Waals surface area contributed by atoms with Gasteiger partial charge in [0.1, 0.15) is 0 Å². The van der Waals surface area contributed by atoms with Gasteiger partial charge in [-0.3, -0.25) is 0 Å². The van der Waals surface area contributed by atoms with Crippen molar-refractivity contribution < 1.29 is 4.42 Å². The van der Waals surface area contributed by atoms with Crippen LogP contribution in [0.3, 0.4) is 0 Å². The summed E-state index contributed by atoms with van der Waals surface area (Å²) in [6, 6.07) is 5.10. The van der Waals surface area contributed by atoms with Crippen LogP contribution < -0.4 is 4.90 Å². The third kappa shape index (κ3) is 1.87. The number of aromatic nitrogens is 2. The van der Waals surface area contributed by atoms with Crippen molar-refractivity contribution >= 4 is 17.2 Å². The maximum Gasteiger partial charge on any atom is 0.300 e. The van der Waals surface area contributed by atoms with Gasteiger partial charge in [0.25, 0.3) is 6.01 Å². The van der Waals surface area contributed by atoms with Crippen molar-refractivity contribution in [1.29, 1.82) is 0 Å². The minimum atomic E-state index is 0.355. The Morgan fingerprint density at radius 2 is 1.88 bits per heavy atom. The predicted octanol–water partition coefficient (Wildman–Crippen LogP) is 2.85. The molecule has 2 aromatic rings. The summed E-state index contributed by atoms with van der Waals surface area (Å²) in [4.78, 5) is 10.7. The van der Waals surface area contributed by atoms with Crippen LogP contribution in [0.2, 0.25) is 0 Å². The second-order valence-electron chi connectivity index (χ2n) is 4.42. The van der Waals surface area contributed by atoms with Gasteiger partial charge in [-0.25, -0.2) is 4.98 Å². The van der Waals surface area contributed by atoms with E-state index in [-0.39, 0.29) is 0 Å². The molecule has 0 unspecified atom stereocenters. The second kappa shape index (κ2) is 4.12. The van der Waals surface area contributed by atoms with E-state index in [0.29, 0.717) is 23.7 Å². The van der Waals surface area contributed by atoms with E-state index < -0.39 is 0 Å². The van der Waals surface area contributed by atoms with Crippen molar-refractivity contribution in [1.82, 2.24) is 9.97 Å². The van der Waals surface area contributed by atoms with E-state index in [2.05, 4.69) is 42.6 Å². The molecule has 0 aliphatic rings. The molecule has 0 aromatic carbocycles. The summed E-state index contributed by atoms with van der Waals surface area (Å²) in [6.07, 6.45) is 1.73. The topological polar surface area (TPSA) is 42.2 Å². The first-order chi connectivity index (χ1) is 7.59. The summed E-state index contributed by atoms with van der Waals surface area (Å²) < 4.78 is 5.71. The minimum absolute atomic E-state index is 0.355. The lowest BCUT2D eigenvalue weighted by Crippen LogP contribution is -2.37. The highest BCUT2D eigenvalue weighted by atomic mass is 16.4. The van der Waals surface area contributed by atoms with Crippen LogP contribution in [-0.4, -0.2) is 22.1 Å². The molecule has 2 rings (SSSR count). The summed E-state index contributed by atoms with van der Waals surface area (Å²) in [5.74, 6) is 0. The van der Waals surface area contributed by atoms with E-state index in [0.717, 1.165) is 5.58 Å². The Bertz CT molecular complexity index is 435. The first kappa shape index (κ1) is 10.9. The van der Waals surface area contributed by atoms with E-state index >= 15 is 0 Å². The van der Waals surface area contributed by atoms with Crippen LogP contribution in [0, 0.1) is 0 Å². The van der Waals surface area contributed by atoms with Gasteiger partial charge in [0.05, 0.1) is 0 Å².